The number of aliphatic imine (C=N–C) groups is 3. The zero-order valence-electron chi connectivity index (χ0n) is 26.1. The van der Waals surface area contributed by atoms with Gasteiger partial charge >= 0.3 is 0 Å². The Labute approximate surface area is 283 Å². The molecule has 1 amide bonds. The quantitative estimate of drug-likeness (QED) is 0.129. The van der Waals surface area contributed by atoms with Crippen LogP contribution in [0.2, 0.25) is 0 Å². The van der Waals surface area contributed by atoms with Gasteiger partial charge in [0.05, 0.1) is 34.0 Å². The van der Waals surface area contributed by atoms with Crippen molar-refractivity contribution in [2.24, 2.45) is 15.0 Å². The Balaban J connectivity index is 1.34. The average molecular weight is 653 g/mol. The van der Waals surface area contributed by atoms with Gasteiger partial charge in [-0.25, -0.2) is 15.0 Å². The van der Waals surface area contributed by atoms with Gasteiger partial charge in [0.1, 0.15) is 28.6 Å². The number of aromatic nitrogens is 1. The van der Waals surface area contributed by atoms with Gasteiger partial charge in [-0.15, -0.1) is 0 Å². The summed E-state index contributed by atoms with van der Waals surface area (Å²) in [6.07, 6.45) is 0. The van der Waals surface area contributed by atoms with Gasteiger partial charge in [-0.1, -0.05) is 60.7 Å². The number of amidine groups is 2. The number of para-hydroxylation sites is 4. The number of aromatic amines is 1. The number of rotatable bonds is 3. The molecule has 0 spiro atoms. The fourth-order valence-corrected chi connectivity index (χ4v) is 6.56. The molecule has 0 saturated heterocycles. The lowest BCUT2D eigenvalue weighted by Gasteiger charge is -2.19. The van der Waals surface area contributed by atoms with Crippen LogP contribution in [-0.2, 0) is 4.79 Å². The first-order chi connectivity index (χ1) is 24.4. The molecule has 238 valence electrons. The molecule has 0 fully saturated rings. The highest BCUT2D eigenvalue weighted by molar-refractivity contribution is 6.39. The van der Waals surface area contributed by atoms with E-state index < -0.39 is 17.2 Å². The highest BCUT2D eigenvalue weighted by Crippen LogP contribution is 2.41. The molecule has 9 rings (SSSR count). The lowest BCUT2D eigenvalue weighted by molar-refractivity contribution is -0.112. The van der Waals surface area contributed by atoms with Crippen LogP contribution in [0.5, 0.6) is 5.75 Å². The van der Waals surface area contributed by atoms with Crippen LogP contribution in [-0.4, -0.2) is 39.2 Å². The molecule has 0 saturated carbocycles. The largest absolute Gasteiger partial charge is 0.506 e. The Morgan fingerprint density at radius 3 is 1.90 bits per heavy atom. The number of H-pyrrole nitrogens is 1. The number of hydrogen-bond acceptors (Lipinski definition) is 7. The number of Topliss-reactive ketones (excluding diaryl/α,β-unsaturated/α-hetero) is 1. The second-order valence-corrected chi connectivity index (χ2v) is 11.9. The van der Waals surface area contributed by atoms with Crippen molar-refractivity contribution in [2.75, 3.05) is 5.32 Å². The Bertz CT molecular complexity index is 2650. The Hall–Kier alpha value is -7.20. The van der Waals surface area contributed by atoms with Crippen molar-refractivity contribution in [3.05, 3.63) is 171 Å². The molecule has 4 N–H and O–H groups in total. The van der Waals surface area contributed by atoms with Gasteiger partial charge in [0.15, 0.2) is 0 Å². The SMILES string of the molecule is O=C1Nc2ccccc2C(=O)C1=C1N=C(c2c(O)c3ccccc3[nH]c2=O)c2cc3c(cc21)C(=Nc1ccccc1)NC3=Nc1ccccc1. The minimum atomic E-state index is -0.626. The van der Waals surface area contributed by atoms with E-state index in [1.54, 1.807) is 54.6 Å². The maximum absolute atomic E-state index is 14.0. The minimum absolute atomic E-state index is 0.0780. The van der Waals surface area contributed by atoms with E-state index in [-0.39, 0.29) is 28.3 Å². The molecule has 3 aliphatic rings. The Morgan fingerprint density at radius 1 is 0.600 bits per heavy atom. The van der Waals surface area contributed by atoms with Crippen molar-refractivity contribution in [2.45, 2.75) is 0 Å². The van der Waals surface area contributed by atoms with E-state index >= 15 is 0 Å². The molecular formula is C40H24N6O4. The van der Waals surface area contributed by atoms with Crippen LogP contribution in [0.3, 0.4) is 0 Å². The number of fused-ring (bicyclic) bond motifs is 4. The molecule has 3 aliphatic heterocycles. The van der Waals surface area contributed by atoms with Gasteiger partial charge in [-0.05, 0) is 60.7 Å². The first kappa shape index (κ1) is 29.0. The summed E-state index contributed by atoms with van der Waals surface area (Å²) in [5, 5.41) is 18.2. The lowest BCUT2D eigenvalue weighted by atomic mass is 9.90. The number of anilines is 1. The van der Waals surface area contributed by atoms with Gasteiger partial charge in [0.25, 0.3) is 11.5 Å². The van der Waals surface area contributed by atoms with Crippen molar-refractivity contribution in [1.29, 1.82) is 0 Å². The molecule has 4 heterocycles. The maximum Gasteiger partial charge on any atom is 0.261 e. The summed E-state index contributed by atoms with van der Waals surface area (Å²) in [5.41, 5.74) is 4.07. The van der Waals surface area contributed by atoms with Crippen LogP contribution in [0.15, 0.2) is 147 Å². The van der Waals surface area contributed by atoms with Crippen LogP contribution in [0.25, 0.3) is 16.6 Å². The molecule has 0 unspecified atom stereocenters. The van der Waals surface area contributed by atoms with Crippen molar-refractivity contribution < 1.29 is 14.7 Å². The number of amides is 1. The van der Waals surface area contributed by atoms with E-state index in [2.05, 4.69) is 15.6 Å². The molecule has 10 heteroatoms. The molecular weight excluding hydrogens is 628 g/mol. The third-order valence-electron chi connectivity index (χ3n) is 8.87. The van der Waals surface area contributed by atoms with Crippen LogP contribution < -0.4 is 16.2 Å². The lowest BCUT2D eigenvalue weighted by Crippen LogP contribution is -2.28. The highest BCUT2D eigenvalue weighted by atomic mass is 16.3. The monoisotopic (exact) mass is 652 g/mol. The number of nitrogens with zero attached hydrogens (tertiary/aromatic N) is 3. The number of carbonyl (C=O) groups is 2. The van der Waals surface area contributed by atoms with Crippen molar-refractivity contribution >= 4 is 62.7 Å². The van der Waals surface area contributed by atoms with Crippen LogP contribution >= 0.6 is 0 Å². The van der Waals surface area contributed by atoms with Crippen molar-refractivity contribution in [3.8, 4) is 5.75 Å². The topological polar surface area (TPSA) is 148 Å². The first-order valence-electron chi connectivity index (χ1n) is 15.8. The third-order valence-corrected chi connectivity index (χ3v) is 8.87. The zero-order chi connectivity index (χ0) is 33.9. The summed E-state index contributed by atoms with van der Waals surface area (Å²) in [4.78, 5) is 58.9. The van der Waals surface area contributed by atoms with E-state index in [4.69, 9.17) is 15.0 Å². The predicted molar refractivity (Wildman–Crippen MR) is 193 cm³/mol. The van der Waals surface area contributed by atoms with Gasteiger partial charge in [0.2, 0.25) is 5.78 Å². The van der Waals surface area contributed by atoms with Crippen molar-refractivity contribution in [3.63, 3.8) is 0 Å². The van der Waals surface area contributed by atoms with Gasteiger partial charge in [-0.3, -0.25) is 14.4 Å². The Morgan fingerprint density at radius 2 is 1.20 bits per heavy atom. The second kappa shape index (κ2) is 11.2. The van der Waals surface area contributed by atoms with E-state index in [9.17, 15) is 19.5 Å². The molecule has 0 atom stereocenters. The van der Waals surface area contributed by atoms with Crippen LogP contribution in [0, 0.1) is 0 Å². The number of hydrogen-bond donors (Lipinski definition) is 4. The second-order valence-electron chi connectivity index (χ2n) is 11.9. The van der Waals surface area contributed by atoms with Crippen molar-refractivity contribution in [1.82, 2.24) is 10.3 Å². The third kappa shape index (κ3) is 4.58. The summed E-state index contributed by atoms with van der Waals surface area (Å²) < 4.78 is 0. The molecule has 1 aromatic heterocycles. The van der Waals surface area contributed by atoms with Crippen LogP contribution in [0.4, 0.5) is 17.1 Å². The minimum Gasteiger partial charge on any atom is -0.506 e. The molecule has 0 radical (unpaired) electrons. The Kier molecular flexibility index (Phi) is 6.49. The zero-order valence-corrected chi connectivity index (χ0v) is 26.1. The summed E-state index contributed by atoms with van der Waals surface area (Å²) in [6, 6.07) is 36.1. The van der Waals surface area contributed by atoms with E-state index in [1.165, 1.54) is 0 Å². The molecule has 0 bridgehead atoms. The number of benzene rings is 5. The number of aromatic hydroxyl groups is 1. The first-order valence-corrected chi connectivity index (χ1v) is 15.8. The van der Waals surface area contributed by atoms with Crippen LogP contribution in [0.1, 0.15) is 38.2 Å². The smallest absolute Gasteiger partial charge is 0.261 e. The fourth-order valence-electron chi connectivity index (χ4n) is 6.56. The van der Waals surface area contributed by atoms with Gasteiger partial charge in [0, 0.05) is 33.2 Å². The molecule has 6 aromatic rings. The summed E-state index contributed by atoms with van der Waals surface area (Å²) in [7, 11) is 0. The van der Waals surface area contributed by atoms with Gasteiger partial charge < -0.3 is 20.7 Å². The predicted octanol–water partition coefficient (Wildman–Crippen LogP) is 6.39. The fraction of sp³-hybridized carbons (Fsp3) is 0. The average Bonchev–Trinajstić information content (AvgIpc) is 3.65. The number of pyridine rings is 1. The number of nitrogens with one attached hydrogen (secondary N) is 3. The molecule has 10 nitrogen and oxygen atoms in total. The molecule has 5 aromatic carbocycles. The van der Waals surface area contributed by atoms with E-state index in [0.717, 1.165) is 0 Å². The molecule has 0 aliphatic carbocycles. The van der Waals surface area contributed by atoms with Gasteiger partial charge in [-0.2, -0.15) is 0 Å². The summed E-state index contributed by atoms with van der Waals surface area (Å²) in [5.74, 6) is -0.401. The maximum atomic E-state index is 14.0. The highest BCUT2D eigenvalue weighted by Gasteiger charge is 2.38. The molecule has 50 heavy (non-hydrogen) atoms. The standard InChI is InChI=1S/C40H24N6O4/c47-35-23-15-7-9-17-29(23)43-39(49)31(35)33-25-19-27-28(20-26(25)34(45-33)32-36(48)24-16-8-10-18-30(24)44-40(32)50)38(42-22-13-5-2-6-14-22)46-37(27)41-21-11-3-1-4-12-21/h1-20H,(H,43,49)(H,41,42,46)(H2,44,48,50). The number of carbonyl (C=O) groups excluding carboxylic acids is 2. The normalized spacial score (nSPS) is 17.7. The summed E-state index contributed by atoms with van der Waals surface area (Å²) in [6.45, 7) is 0. The van der Waals surface area contributed by atoms with E-state index in [0.29, 0.717) is 67.5 Å². The number of ketones is 1. The van der Waals surface area contributed by atoms with E-state index in [1.807, 2.05) is 66.7 Å². The summed E-state index contributed by atoms with van der Waals surface area (Å²) >= 11 is 0.